The second-order valence-corrected chi connectivity index (χ2v) is 10.1. The first-order valence-corrected chi connectivity index (χ1v) is 13.6. The minimum atomic E-state index is -0.0916. The number of ether oxygens (including phenoxy) is 1. The van der Waals surface area contributed by atoms with Crippen LogP contribution in [0.4, 0.5) is 5.95 Å². The Balaban J connectivity index is 1.31. The van der Waals surface area contributed by atoms with E-state index in [1.807, 2.05) is 24.3 Å². The highest BCUT2D eigenvalue weighted by Gasteiger charge is 2.10. The van der Waals surface area contributed by atoms with Crippen molar-refractivity contribution in [3.8, 4) is 5.88 Å². The summed E-state index contributed by atoms with van der Waals surface area (Å²) < 4.78 is 5.78. The van der Waals surface area contributed by atoms with Crippen molar-refractivity contribution in [3.05, 3.63) is 41.7 Å². The fourth-order valence-electron chi connectivity index (χ4n) is 3.01. The zero-order chi connectivity index (χ0) is 24.9. The first kappa shape index (κ1) is 26.6. The van der Waals surface area contributed by atoms with Crippen molar-refractivity contribution < 1.29 is 19.4 Å². The number of aromatic amines is 1. The van der Waals surface area contributed by atoms with Crippen LogP contribution in [0.25, 0.3) is 11.2 Å². The topological polar surface area (TPSA) is 168 Å². The maximum atomic E-state index is 12.1. The molecule has 2 heterocycles. The van der Waals surface area contributed by atoms with Crippen LogP contribution in [-0.2, 0) is 22.7 Å². The van der Waals surface area contributed by atoms with Crippen molar-refractivity contribution in [1.29, 1.82) is 0 Å². The van der Waals surface area contributed by atoms with Gasteiger partial charge in [-0.3, -0.25) is 9.59 Å². The van der Waals surface area contributed by atoms with E-state index >= 15 is 0 Å². The lowest BCUT2D eigenvalue weighted by atomic mass is 10.1. The Morgan fingerprint density at radius 3 is 2.51 bits per heavy atom. The van der Waals surface area contributed by atoms with Gasteiger partial charge in [-0.2, -0.15) is 9.97 Å². The van der Waals surface area contributed by atoms with Crippen LogP contribution in [-0.4, -0.2) is 61.5 Å². The summed E-state index contributed by atoms with van der Waals surface area (Å²) in [7, 11) is 3.19. The summed E-state index contributed by atoms with van der Waals surface area (Å²) in [5.74, 6) is 1.75. The summed E-state index contributed by atoms with van der Waals surface area (Å²) in [6.07, 6.45) is 2.62. The van der Waals surface area contributed by atoms with Gasteiger partial charge in [0, 0.05) is 37.4 Å². The Labute approximate surface area is 210 Å². The SMILES string of the molecule is Nc1nc(OCc2ccc(CNC(=O)CCCC(=O)NCCSSCCO)cc2)c2[nH]cnc2n1. The van der Waals surface area contributed by atoms with E-state index in [-0.39, 0.29) is 24.4 Å². The molecule has 0 unspecified atom stereocenters. The summed E-state index contributed by atoms with van der Waals surface area (Å²) in [5.41, 5.74) is 8.62. The molecule has 0 saturated heterocycles. The van der Waals surface area contributed by atoms with E-state index in [1.165, 1.54) is 6.33 Å². The molecule has 0 aliphatic heterocycles. The summed E-state index contributed by atoms with van der Waals surface area (Å²) in [4.78, 5) is 39.0. The molecule has 2 aromatic heterocycles. The first-order chi connectivity index (χ1) is 17.0. The number of hydrogen-bond acceptors (Lipinski definition) is 10. The fraction of sp³-hybridized carbons (Fsp3) is 0.409. The monoisotopic (exact) mass is 519 g/mol. The third-order valence-electron chi connectivity index (χ3n) is 4.73. The zero-order valence-electron chi connectivity index (χ0n) is 19.2. The molecule has 13 heteroatoms. The Bertz CT molecular complexity index is 1100. The quantitative estimate of drug-likeness (QED) is 0.147. The number of imidazole rings is 1. The lowest BCUT2D eigenvalue weighted by Crippen LogP contribution is -2.26. The van der Waals surface area contributed by atoms with E-state index in [0.29, 0.717) is 61.8 Å². The largest absolute Gasteiger partial charge is 0.471 e. The Hall–Kier alpha value is -3.03. The molecule has 0 bridgehead atoms. The molecule has 35 heavy (non-hydrogen) atoms. The van der Waals surface area contributed by atoms with E-state index in [2.05, 4.69) is 30.6 Å². The number of nitrogens with one attached hydrogen (secondary N) is 3. The van der Waals surface area contributed by atoms with Crippen LogP contribution in [0, 0.1) is 0 Å². The highest BCUT2D eigenvalue weighted by atomic mass is 33.1. The van der Waals surface area contributed by atoms with Gasteiger partial charge in [0.15, 0.2) is 5.65 Å². The molecule has 0 aliphatic rings. The van der Waals surface area contributed by atoms with Gasteiger partial charge in [0.1, 0.15) is 12.1 Å². The summed E-state index contributed by atoms with van der Waals surface area (Å²) >= 11 is 0. The maximum Gasteiger partial charge on any atom is 0.245 e. The highest BCUT2D eigenvalue weighted by molar-refractivity contribution is 8.76. The Kier molecular flexibility index (Phi) is 10.9. The lowest BCUT2D eigenvalue weighted by molar-refractivity contribution is -0.122. The first-order valence-electron chi connectivity index (χ1n) is 11.1. The van der Waals surface area contributed by atoms with Crippen LogP contribution in [0.1, 0.15) is 30.4 Å². The molecule has 0 fully saturated rings. The molecule has 188 valence electrons. The predicted octanol–water partition coefficient (Wildman–Crippen LogP) is 1.79. The van der Waals surface area contributed by atoms with E-state index in [1.54, 1.807) is 21.6 Å². The average Bonchev–Trinajstić information content (AvgIpc) is 3.32. The second-order valence-electron chi connectivity index (χ2n) is 7.44. The number of aliphatic hydroxyl groups excluding tert-OH is 1. The van der Waals surface area contributed by atoms with Crippen molar-refractivity contribution in [2.24, 2.45) is 0 Å². The van der Waals surface area contributed by atoms with Crippen LogP contribution >= 0.6 is 21.6 Å². The predicted molar refractivity (Wildman–Crippen MR) is 138 cm³/mol. The molecular weight excluding hydrogens is 490 g/mol. The van der Waals surface area contributed by atoms with Crippen molar-refractivity contribution in [3.63, 3.8) is 0 Å². The number of benzene rings is 1. The summed E-state index contributed by atoms with van der Waals surface area (Å²) in [6.45, 7) is 1.44. The number of H-pyrrole nitrogens is 1. The Morgan fingerprint density at radius 1 is 1.03 bits per heavy atom. The molecule has 0 spiro atoms. The number of amides is 2. The van der Waals surface area contributed by atoms with Crippen molar-refractivity contribution >= 4 is 50.5 Å². The highest BCUT2D eigenvalue weighted by Crippen LogP contribution is 2.21. The molecule has 1 aromatic carbocycles. The number of carbonyl (C=O) groups is 2. The summed E-state index contributed by atoms with van der Waals surface area (Å²) in [6, 6.07) is 7.68. The van der Waals surface area contributed by atoms with Crippen molar-refractivity contribution in [2.45, 2.75) is 32.4 Å². The Morgan fingerprint density at radius 2 is 1.74 bits per heavy atom. The molecule has 0 radical (unpaired) electrons. The number of anilines is 1. The molecular formula is C22H29N7O4S2. The molecule has 6 N–H and O–H groups in total. The van der Waals surface area contributed by atoms with Gasteiger partial charge in [0.25, 0.3) is 0 Å². The smallest absolute Gasteiger partial charge is 0.245 e. The fourth-order valence-corrected chi connectivity index (χ4v) is 4.68. The van der Waals surface area contributed by atoms with Gasteiger partial charge in [0.05, 0.1) is 12.9 Å². The van der Waals surface area contributed by atoms with Crippen LogP contribution in [0.5, 0.6) is 5.88 Å². The zero-order valence-corrected chi connectivity index (χ0v) is 20.8. The van der Waals surface area contributed by atoms with E-state index < -0.39 is 0 Å². The number of aromatic nitrogens is 4. The number of carbonyl (C=O) groups excluding carboxylic acids is 2. The average molecular weight is 520 g/mol. The van der Waals surface area contributed by atoms with E-state index in [0.717, 1.165) is 16.9 Å². The molecule has 3 rings (SSSR count). The molecule has 0 atom stereocenters. The van der Waals surface area contributed by atoms with Gasteiger partial charge >= 0.3 is 0 Å². The second kappa shape index (κ2) is 14.4. The normalized spacial score (nSPS) is 10.9. The van der Waals surface area contributed by atoms with Gasteiger partial charge in [0.2, 0.25) is 23.6 Å². The number of nitrogens with zero attached hydrogens (tertiary/aromatic N) is 3. The third-order valence-corrected chi connectivity index (χ3v) is 7.12. The van der Waals surface area contributed by atoms with Gasteiger partial charge in [-0.15, -0.1) is 0 Å². The number of fused-ring (bicyclic) bond motifs is 1. The number of aliphatic hydroxyl groups is 1. The number of nitrogen functional groups attached to an aromatic ring is 1. The maximum absolute atomic E-state index is 12.1. The van der Waals surface area contributed by atoms with Crippen LogP contribution < -0.4 is 21.1 Å². The number of rotatable bonds is 15. The van der Waals surface area contributed by atoms with Crippen LogP contribution in [0.3, 0.4) is 0 Å². The van der Waals surface area contributed by atoms with Gasteiger partial charge in [-0.1, -0.05) is 45.9 Å². The van der Waals surface area contributed by atoms with E-state index in [9.17, 15) is 9.59 Å². The molecule has 0 aliphatic carbocycles. The molecule has 0 saturated carbocycles. The van der Waals surface area contributed by atoms with Crippen LogP contribution in [0.2, 0.25) is 0 Å². The number of hydrogen-bond donors (Lipinski definition) is 5. The molecule has 11 nitrogen and oxygen atoms in total. The van der Waals surface area contributed by atoms with Crippen molar-refractivity contribution in [2.75, 3.05) is 30.4 Å². The third kappa shape index (κ3) is 9.26. The van der Waals surface area contributed by atoms with Gasteiger partial charge in [-0.25, -0.2) is 4.98 Å². The lowest BCUT2D eigenvalue weighted by Gasteiger charge is -2.09. The van der Waals surface area contributed by atoms with Crippen LogP contribution in [0.15, 0.2) is 30.6 Å². The number of nitrogens with two attached hydrogens (primary N) is 1. The molecule has 2 amide bonds. The van der Waals surface area contributed by atoms with E-state index in [4.69, 9.17) is 15.6 Å². The minimum Gasteiger partial charge on any atom is -0.471 e. The van der Waals surface area contributed by atoms with Gasteiger partial charge < -0.3 is 31.2 Å². The molecule has 3 aromatic rings. The van der Waals surface area contributed by atoms with Gasteiger partial charge in [-0.05, 0) is 17.5 Å². The summed E-state index contributed by atoms with van der Waals surface area (Å²) in [5, 5.41) is 14.4. The van der Waals surface area contributed by atoms with Crippen molar-refractivity contribution in [1.82, 2.24) is 30.6 Å². The standard InChI is InChI=1S/C22H29N7O4S2/c23-22-28-20-19(26-14-27-20)21(29-22)33-13-16-6-4-15(5-7-16)12-25-18(32)3-1-2-17(31)24-8-10-34-35-11-9-30/h4-7,14,30H,1-3,8-13H2,(H,24,31)(H,25,32)(H3,23,26,27,28,29). The minimum absolute atomic E-state index is 0.0544.